The van der Waals surface area contributed by atoms with Gasteiger partial charge in [-0.3, -0.25) is 0 Å². The van der Waals surface area contributed by atoms with Gasteiger partial charge in [0.05, 0.1) is 6.61 Å². The summed E-state index contributed by atoms with van der Waals surface area (Å²) in [6.07, 6.45) is 3.80. The Morgan fingerprint density at radius 3 is 2.62 bits per heavy atom. The lowest BCUT2D eigenvalue weighted by atomic mass is 10.1. The predicted molar refractivity (Wildman–Crippen MR) is 66.0 cm³/mol. The van der Waals surface area contributed by atoms with Gasteiger partial charge in [-0.15, -0.1) is 0 Å². The van der Waals surface area contributed by atoms with Crippen molar-refractivity contribution in [1.82, 2.24) is 0 Å². The number of carbonyl (C=O) groups excluding carboxylic acids is 1. The van der Waals surface area contributed by atoms with E-state index in [-0.39, 0.29) is 5.97 Å². The van der Waals surface area contributed by atoms with Crippen molar-refractivity contribution in [2.45, 2.75) is 26.7 Å². The molecule has 2 heteroatoms. The van der Waals surface area contributed by atoms with Crippen LogP contribution >= 0.6 is 0 Å². The van der Waals surface area contributed by atoms with Crippen LogP contribution in [0.2, 0.25) is 0 Å². The van der Waals surface area contributed by atoms with Crippen molar-refractivity contribution >= 4 is 12.0 Å². The van der Waals surface area contributed by atoms with Crippen LogP contribution in [0.1, 0.15) is 32.3 Å². The van der Waals surface area contributed by atoms with Crippen molar-refractivity contribution in [3.8, 4) is 0 Å². The highest BCUT2D eigenvalue weighted by atomic mass is 16.5. The largest absolute Gasteiger partial charge is 0.462 e. The van der Waals surface area contributed by atoms with E-state index in [2.05, 4.69) is 6.92 Å². The highest BCUT2D eigenvalue weighted by molar-refractivity contribution is 5.92. The lowest BCUT2D eigenvalue weighted by Gasteiger charge is -2.03. The number of esters is 1. The van der Waals surface area contributed by atoms with E-state index in [4.69, 9.17) is 4.74 Å². The van der Waals surface area contributed by atoms with Gasteiger partial charge < -0.3 is 4.74 Å². The first-order valence-electron chi connectivity index (χ1n) is 5.64. The predicted octanol–water partition coefficient (Wildman–Crippen LogP) is 3.43. The minimum Gasteiger partial charge on any atom is -0.462 e. The number of carbonyl (C=O) groups is 1. The number of unbranched alkanes of at least 4 members (excludes halogenated alkanes) is 1. The van der Waals surface area contributed by atoms with Crippen molar-refractivity contribution in [2.75, 3.05) is 6.61 Å². The van der Waals surface area contributed by atoms with E-state index < -0.39 is 0 Å². The molecule has 0 bridgehead atoms. The molecule has 16 heavy (non-hydrogen) atoms. The van der Waals surface area contributed by atoms with E-state index in [0.717, 1.165) is 18.4 Å². The Labute approximate surface area is 96.9 Å². The maximum Gasteiger partial charge on any atom is 0.333 e. The molecule has 0 unspecified atom stereocenters. The van der Waals surface area contributed by atoms with Gasteiger partial charge in [0, 0.05) is 5.57 Å². The molecule has 1 aromatic carbocycles. The fraction of sp³-hybridized carbons (Fsp3) is 0.357. The first-order valence-corrected chi connectivity index (χ1v) is 5.64. The number of benzene rings is 1. The Hall–Kier alpha value is -1.57. The monoisotopic (exact) mass is 218 g/mol. The summed E-state index contributed by atoms with van der Waals surface area (Å²) >= 11 is 0. The first kappa shape index (κ1) is 12.5. The Kier molecular flexibility index (Phi) is 5.34. The fourth-order valence-corrected chi connectivity index (χ4v) is 1.28. The second-order valence-corrected chi connectivity index (χ2v) is 3.73. The molecule has 0 aromatic heterocycles. The van der Waals surface area contributed by atoms with Crippen LogP contribution in [0.3, 0.4) is 0 Å². The van der Waals surface area contributed by atoms with Crippen LogP contribution < -0.4 is 0 Å². The fourth-order valence-electron chi connectivity index (χ4n) is 1.28. The first-order chi connectivity index (χ1) is 7.74. The molecule has 0 radical (unpaired) electrons. The second-order valence-electron chi connectivity index (χ2n) is 3.73. The van der Waals surface area contributed by atoms with E-state index in [1.165, 1.54) is 0 Å². The quantitative estimate of drug-likeness (QED) is 0.430. The molecule has 0 saturated carbocycles. The molecule has 0 heterocycles. The topological polar surface area (TPSA) is 26.3 Å². The van der Waals surface area contributed by atoms with Crippen LogP contribution in [0, 0.1) is 0 Å². The van der Waals surface area contributed by atoms with Gasteiger partial charge in [0.25, 0.3) is 0 Å². The van der Waals surface area contributed by atoms with Gasteiger partial charge in [-0.05, 0) is 25.0 Å². The molecule has 0 aliphatic carbocycles. The van der Waals surface area contributed by atoms with Crippen LogP contribution in [-0.2, 0) is 9.53 Å². The van der Waals surface area contributed by atoms with Crippen LogP contribution in [0.25, 0.3) is 6.08 Å². The van der Waals surface area contributed by atoms with Crippen LogP contribution in [0.4, 0.5) is 0 Å². The van der Waals surface area contributed by atoms with Crippen molar-refractivity contribution in [3.05, 3.63) is 41.5 Å². The molecular formula is C14H18O2. The molecule has 1 aromatic rings. The van der Waals surface area contributed by atoms with E-state index in [1.54, 1.807) is 6.92 Å². The number of ether oxygens (including phenoxy) is 1. The molecule has 0 saturated heterocycles. The maximum atomic E-state index is 11.5. The van der Waals surface area contributed by atoms with Crippen LogP contribution in [-0.4, -0.2) is 12.6 Å². The Morgan fingerprint density at radius 2 is 2.00 bits per heavy atom. The molecule has 0 spiro atoms. The molecule has 0 amide bonds. The molecule has 0 N–H and O–H groups in total. The van der Waals surface area contributed by atoms with E-state index in [9.17, 15) is 4.79 Å². The maximum absolute atomic E-state index is 11.5. The summed E-state index contributed by atoms with van der Waals surface area (Å²) in [7, 11) is 0. The molecular weight excluding hydrogens is 200 g/mol. The van der Waals surface area contributed by atoms with Crippen LogP contribution in [0.15, 0.2) is 35.9 Å². The standard InChI is InChI=1S/C14H18O2/c1-3-4-10-16-14(15)12(2)11-13-8-6-5-7-9-13/h5-9,11H,3-4,10H2,1-2H3/b12-11-. The van der Waals surface area contributed by atoms with Crippen LogP contribution in [0.5, 0.6) is 0 Å². The number of rotatable bonds is 5. The average Bonchev–Trinajstić information content (AvgIpc) is 2.30. The molecule has 0 aliphatic rings. The molecule has 2 nitrogen and oxygen atoms in total. The van der Waals surface area contributed by atoms with Gasteiger partial charge in [0.2, 0.25) is 0 Å². The van der Waals surface area contributed by atoms with E-state index in [1.807, 2.05) is 36.4 Å². The van der Waals surface area contributed by atoms with Crippen molar-refractivity contribution in [3.63, 3.8) is 0 Å². The Morgan fingerprint density at radius 1 is 1.31 bits per heavy atom. The third kappa shape index (κ3) is 4.30. The number of hydrogen-bond acceptors (Lipinski definition) is 2. The zero-order chi connectivity index (χ0) is 11.8. The Balaban J connectivity index is 2.53. The second kappa shape index (κ2) is 6.83. The summed E-state index contributed by atoms with van der Waals surface area (Å²) in [5.74, 6) is -0.225. The summed E-state index contributed by atoms with van der Waals surface area (Å²) in [6, 6.07) is 9.76. The van der Waals surface area contributed by atoms with Gasteiger partial charge in [-0.2, -0.15) is 0 Å². The molecule has 0 aliphatic heterocycles. The van der Waals surface area contributed by atoms with E-state index >= 15 is 0 Å². The number of hydrogen-bond donors (Lipinski definition) is 0. The zero-order valence-corrected chi connectivity index (χ0v) is 9.90. The minimum atomic E-state index is -0.225. The highest BCUT2D eigenvalue weighted by Gasteiger charge is 2.04. The minimum absolute atomic E-state index is 0.225. The zero-order valence-electron chi connectivity index (χ0n) is 9.90. The van der Waals surface area contributed by atoms with Crippen molar-refractivity contribution in [2.24, 2.45) is 0 Å². The van der Waals surface area contributed by atoms with Gasteiger partial charge in [0.15, 0.2) is 0 Å². The summed E-state index contributed by atoms with van der Waals surface area (Å²) in [5.41, 5.74) is 1.66. The molecule has 86 valence electrons. The normalized spacial score (nSPS) is 11.2. The van der Waals surface area contributed by atoms with Gasteiger partial charge in [-0.25, -0.2) is 4.79 Å². The van der Waals surface area contributed by atoms with E-state index in [0.29, 0.717) is 12.2 Å². The summed E-state index contributed by atoms with van der Waals surface area (Å²) < 4.78 is 5.11. The molecule has 0 atom stereocenters. The Bertz CT molecular complexity index is 352. The molecule has 0 fully saturated rings. The highest BCUT2D eigenvalue weighted by Crippen LogP contribution is 2.07. The summed E-state index contributed by atoms with van der Waals surface area (Å²) in [5, 5.41) is 0. The lowest BCUT2D eigenvalue weighted by molar-refractivity contribution is -0.138. The lowest BCUT2D eigenvalue weighted by Crippen LogP contribution is -2.06. The SMILES string of the molecule is CCCCOC(=O)/C(C)=C\c1ccccc1. The average molecular weight is 218 g/mol. The van der Waals surface area contributed by atoms with Gasteiger partial charge in [0.1, 0.15) is 0 Å². The third-order valence-electron chi connectivity index (χ3n) is 2.24. The third-order valence-corrected chi connectivity index (χ3v) is 2.24. The van der Waals surface area contributed by atoms with Crippen molar-refractivity contribution in [1.29, 1.82) is 0 Å². The smallest absolute Gasteiger partial charge is 0.333 e. The summed E-state index contributed by atoms with van der Waals surface area (Å²) in [6.45, 7) is 4.36. The van der Waals surface area contributed by atoms with Gasteiger partial charge in [-0.1, -0.05) is 43.7 Å². The van der Waals surface area contributed by atoms with Gasteiger partial charge >= 0.3 is 5.97 Å². The molecule has 1 rings (SSSR count). The summed E-state index contributed by atoms with van der Waals surface area (Å²) in [4.78, 5) is 11.5. The van der Waals surface area contributed by atoms with Crippen molar-refractivity contribution < 1.29 is 9.53 Å².